The van der Waals surface area contributed by atoms with Crippen molar-refractivity contribution in [2.45, 2.75) is 13.2 Å². The topological polar surface area (TPSA) is 64.6 Å². The summed E-state index contributed by atoms with van der Waals surface area (Å²) in [5.41, 5.74) is 2.27. The van der Waals surface area contributed by atoms with Gasteiger partial charge in [-0.3, -0.25) is 0 Å². The second kappa shape index (κ2) is 15.9. The molecule has 0 saturated heterocycles. The Kier molecular flexibility index (Phi) is 13.1. The van der Waals surface area contributed by atoms with Gasteiger partial charge in [-0.1, -0.05) is 24.3 Å². The molecule has 27 heavy (non-hydrogen) atoms. The van der Waals surface area contributed by atoms with Crippen LogP contribution in [-0.2, 0) is 46.4 Å². The molecule has 0 bridgehead atoms. The normalized spacial score (nSPS) is 21.2. The van der Waals surface area contributed by atoms with Crippen molar-refractivity contribution < 1.29 is 33.2 Å². The van der Waals surface area contributed by atoms with Gasteiger partial charge in [0.2, 0.25) is 0 Å². The van der Waals surface area contributed by atoms with E-state index in [1.807, 2.05) is 12.1 Å². The van der Waals surface area contributed by atoms with Crippen LogP contribution in [0.4, 0.5) is 0 Å². The summed E-state index contributed by atoms with van der Waals surface area (Å²) in [7, 11) is 0. The highest BCUT2D eigenvalue weighted by Gasteiger charge is 2.03. The minimum absolute atomic E-state index is 0.546. The van der Waals surface area contributed by atoms with Crippen LogP contribution in [-0.4, -0.2) is 79.3 Å². The molecular formula is C20H32O7. The van der Waals surface area contributed by atoms with Crippen molar-refractivity contribution in [3.05, 3.63) is 35.4 Å². The highest BCUT2D eigenvalue weighted by atomic mass is 16.6. The predicted octanol–water partition coefficient (Wildman–Crippen LogP) is 1.82. The van der Waals surface area contributed by atoms with E-state index >= 15 is 0 Å². The molecule has 0 radical (unpaired) electrons. The molecule has 0 atom stereocenters. The number of benzene rings is 1. The second-order valence-corrected chi connectivity index (χ2v) is 5.94. The van der Waals surface area contributed by atoms with E-state index in [4.69, 9.17) is 33.2 Å². The van der Waals surface area contributed by atoms with Crippen LogP contribution in [0.25, 0.3) is 0 Å². The van der Waals surface area contributed by atoms with E-state index in [1.54, 1.807) is 0 Å². The van der Waals surface area contributed by atoms with Crippen molar-refractivity contribution in [3.8, 4) is 0 Å². The first-order valence-corrected chi connectivity index (χ1v) is 9.58. The number of hydrogen-bond acceptors (Lipinski definition) is 7. The maximum absolute atomic E-state index is 5.71. The van der Waals surface area contributed by atoms with E-state index in [9.17, 15) is 0 Å². The highest BCUT2D eigenvalue weighted by molar-refractivity contribution is 5.25. The molecule has 0 aliphatic carbocycles. The average molecular weight is 384 g/mol. The molecule has 0 saturated carbocycles. The molecule has 0 aromatic heterocycles. The van der Waals surface area contributed by atoms with Crippen molar-refractivity contribution in [2.75, 3.05) is 79.3 Å². The number of ether oxygens (including phenoxy) is 7. The minimum atomic E-state index is 0.546. The molecule has 1 aliphatic rings. The van der Waals surface area contributed by atoms with Crippen LogP contribution in [0.3, 0.4) is 0 Å². The van der Waals surface area contributed by atoms with Gasteiger partial charge >= 0.3 is 0 Å². The lowest BCUT2D eigenvalue weighted by molar-refractivity contribution is -0.0208. The summed E-state index contributed by atoms with van der Waals surface area (Å²) in [6.45, 7) is 7.72. The Balaban J connectivity index is 1.70. The fourth-order valence-corrected chi connectivity index (χ4v) is 2.42. The van der Waals surface area contributed by atoms with Gasteiger partial charge in [0.15, 0.2) is 0 Å². The third-order valence-corrected chi connectivity index (χ3v) is 3.87. The van der Waals surface area contributed by atoms with Crippen LogP contribution in [0.1, 0.15) is 11.1 Å². The predicted molar refractivity (Wildman–Crippen MR) is 99.8 cm³/mol. The molecule has 0 spiro atoms. The molecule has 1 aliphatic heterocycles. The van der Waals surface area contributed by atoms with E-state index in [2.05, 4.69) is 12.1 Å². The highest BCUT2D eigenvalue weighted by Crippen LogP contribution is 2.11. The largest absolute Gasteiger partial charge is 0.377 e. The van der Waals surface area contributed by atoms with Gasteiger partial charge in [-0.2, -0.15) is 0 Å². The van der Waals surface area contributed by atoms with Crippen molar-refractivity contribution in [1.82, 2.24) is 0 Å². The first kappa shape index (κ1) is 22.2. The van der Waals surface area contributed by atoms with Gasteiger partial charge in [0.05, 0.1) is 92.5 Å². The third-order valence-electron chi connectivity index (χ3n) is 3.87. The third kappa shape index (κ3) is 11.4. The zero-order valence-electron chi connectivity index (χ0n) is 16.1. The van der Waals surface area contributed by atoms with Gasteiger partial charge in [-0.15, -0.1) is 0 Å². The standard InChI is InChI=1S/C20H32O7/c1-2-4-20-18-27-16-14-25-12-10-23-8-6-21-5-7-22-9-11-24-13-15-26-17-19(20)3-1/h1-4H,5-18H2. The molecule has 2 rings (SSSR count). The summed E-state index contributed by atoms with van der Waals surface area (Å²) in [6, 6.07) is 8.14. The molecule has 1 heterocycles. The molecule has 0 fully saturated rings. The minimum Gasteiger partial charge on any atom is -0.377 e. The summed E-state index contributed by atoms with van der Waals surface area (Å²) in [5, 5.41) is 0. The molecule has 1 aromatic carbocycles. The van der Waals surface area contributed by atoms with Crippen LogP contribution in [0.15, 0.2) is 24.3 Å². The smallest absolute Gasteiger partial charge is 0.0721 e. The van der Waals surface area contributed by atoms with Crippen LogP contribution in [0.5, 0.6) is 0 Å². The van der Waals surface area contributed by atoms with E-state index in [1.165, 1.54) is 0 Å². The van der Waals surface area contributed by atoms with Gasteiger partial charge in [0, 0.05) is 0 Å². The Morgan fingerprint density at radius 1 is 0.370 bits per heavy atom. The lowest BCUT2D eigenvalue weighted by Crippen LogP contribution is -2.14. The number of rotatable bonds is 0. The number of hydrogen-bond donors (Lipinski definition) is 0. The van der Waals surface area contributed by atoms with Crippen LogP contribution >= 0.6 is 0 Å². The fraction of sp³-hybridized carbons (Fsp3) is 0.700. The van der Waals surface area contributed by atoms with E-state index < -0.39 is 0 Å². The number of fused-ring (bicyclic) bond motifs is 1. The summed E-state index contributed by atoms with van der Waals surface area (Å²) >= 11 is 0. The SMILES string of the molecule is c1ccc2c(c1)COCCOCCOCCOCCOCCOCCOC2. The lowest BCUT2D eigenvalue weighted by Gasteiger charge is -2.11. The van der Waals surface area contributed by atoms with Crippen LogP contribution < -0.4 is 0 Å². The Morgan fingerprint density at radius 2 is 0.630 bits per heavy atom. The molecule has 154 valence electrons. The quantitative estimate of drug-likeness (QED) is 0.676. The fourth-order valence-electron chi connectivity index (χ4n) is 2.42. The van der Waals surface area contributed by atoms with Crippen molar-refractivity contribution in [2.24, 2.45) is 0 Å². The lowest BCUT2D eigenvalue weighted by atomic mass is 10.1. The van der Waals surface area contributed by atoms with Gasteiger partial charge in [-0.25, -0.2) is 0 Å². The Bertz CT molecular complexity index is 428. The summed E-state index contributed by atoms with van der Waals surface area (Å²) in [5.74, 6) is 0. The monoisotopic (exact) mass is 384 g/mol. The van der Waals surface area contributed by atoms with Gasteiger partial charge in [0.1, 0.15) is 0 Å². The molecule has 0 unspecified atom stereocenters. The van der Waals surface area contributed by atoms with E-state index in [-0.39, 0.29) is 0 Å². The zero-order valence-corrected chi connectivity index (χ0v) is 16.1. The zero-order chi connectivity index (χ0) is 18.8. The van der Waals surface area contributed by atoms with Gasteiger partial charge in [0.25, 0.3) is 0 Å². The summed E-state index contributed by atoms with van der Waals surface area (Å²) < 4.78 is 38.7. The van der Waals surface area contributed by atoms with Crippen molar-refractivity contribution in [1.29, 1.82) is 0 Å². The average Bonchev–Trinajstić information content (AvgIpc) is 2.69. The van der Waals surface area contributed by atoms with Crippen LogP contribution in [0, 0.1) is 0 Å². The van der Waals surface area contributed by atoms with Crippen molar-refractivity contribution in [3.63, 3.8) is 0 Å². The first-order valence-electron chi connectivity index (χ1n) is 9.58. The molecule has 7 nitrogen and oxygen atoms in total. The maximum Gasteiger partial charge on any atom is 0.0721 e. The van der Waals surface area contributed by atoms with E-state index in [0.29, 0.717) is 92.5 Å². The van der Waals surface area contributed by atoms with Gasteiger partial charge in [-0.05, 0) is 11.1 Å². The molecular weight excluding hydrogens is 352 g/mol. The van der Waals surface area contributed by atoms with E-state index in [0.717, 1.165) is 11.1 Å². The summed E-state index contributed by atoms with van der Waals surface area (Å²) in [6.07, 6.45) is 0. The molecule has 7 heteroatoms. The van der Waals surface area contributed by atoms with Gasteiger partial charge < -0.3 is 33.2 Å². The Morgan fingerprint density at radius 3 is 0.926 bits per heavy atom. The Hall–Kier alpha value is -1.06. The first-order chi connectivity index (χ1) is 13.5. The second-order valence-electron chi connectivity index (χ2n) is 5.94. The molecule has 0 amide bonds. The molecule has 0 N–H and O–H groups in total. The summed E-state index contributed by atoms with van der Waals surface area (Å²) in [4.78, 5) is 0. The van der Waals surface area contributed by atoms with Crippen molar-refractivity contribution >= 4 is 0 Å². The van der Waals surface area contributed by atoms with Crippen LogP contribution in [0.2, 0.25) is 0 Å². The Labute approximate surface area is 161 Å². The maximum atomic E-state index is 5.71. The molecule has 1 aromatic rings.